The number of amides is 2. The summed E-state index contributed by atoms with van der Waals surface area (Å²) in [6, 6.07) is 18.5. The summed E-state index contributed by atoms with van der Waals surface area (Å²) in [5.74, 6) is -0.745. The Hall–Kier alpha value is -2.58. The van der Waals surface area contributed by atoms with Gasteiger partial charge < -0.3 is 4.74 Å². The SMILES string of the molecule is O=C(Oc1cccc(/C=C2\SC(=O)N(Cc3ccccc3Br)C2=O)c1)c1ccc(Cl)cc1Cl. The van der Waals surface area contributed by atoms with Gasteiger partial charge in [0.25, 0.3) is 11.1 Å². The van der Waals surface area contributed by atoms with Crippen molar-refractivity contribution in [1.29, 1.82) is 0 Å². The highest BCUT2D eigenvalue weighted by molar-refractivity contribution is 9.10. The highest BCUT2D eigenvalue weighted by Gasteiger charge is 2.35. The van der Waals surface area contributed by atoms with E-state index in [1.165, 1.54) is 17.0 Å². The first-order valence-electron chi connectivity index (χ1n) is 9.58. The van der Waals surface area contributed by atoms with Crippen molar-refractivity contribution in [1.82, 2.24) is 4.90 Å². The third kappa shape index (κ3) is 5.50. The van der Waals surface area contributed by atoms with Crippen LogP contribution in [0.1, 0.15) is 21.5 Å². The third-order valence-corrected chi connectivity index (χ3v) is 6.91. The molecule has 9 heteroatoms. The van der Waals surface area contributed by atoms with Crippen LogP contribution in [0.2, 0.25) is 10.0 Å². The van der Waals surface area contributed by atoms with Gasteiger partial charge >= 0.3 is 5.97 Å². The van der Waals surface area contributed by atoms with Crippen molar-refractivity contribution in [2.24, 2.45) is 0 Å². The molecule has 3 aromatic rings. The Kier molecular flexibility index (Phi) is 7.24. The van der Waals surface area contributed by atoms with Crippen molar-refractivity contribution in [3.63, 3.8) is 0 Å². The normalized spacial score (nSPS) is 14.8. The monoisotopic (exact) mass is 561 g/mol. The lowest BCUT2D eigenvalue weighted by atomic mass is 10.2. The summed E-state index contributed by atoms with van der Waals surface area (Å²) in [6.45, 7) is 0.170. The van der Waals surface area contributed by atoms with E-state index >= 15 is 0 Å². The first-order chi connectivity index (χ1) is 15.8. The van der Waals surface area contributed by atoms with Crippen LogP contribution in [-0.2, 0) is 11.3 Å². The predicted molar refractivity (Wildman–Crippen MR) is 134 cm³/mol. The van der Waals surface area contributed by atoms with Crippen molar-refractivity contribution < 1.29 is 19.1 Å². The molecule has 1 saturated heterocycles. The molecule has 4 rings (SSSR count). The quantitative estimate of drug-likeness (QED) is 0.187. The average Bonchev–Trinajstić information content (AvgIpc) is 3.02. The van der Waals surface area contributed by atoms with Gasteiger partial charge in [-0.15, -0.1) is 0 Å². The van der Waals surface area contributed by atoms with Gasteiger partial charge in [-0.3, -0.25) is 14.5 Å². The van der Waals surface area contributed by atoms with E-state index in [-0.39, 0.29) is 38.9 Å². The zero-order valence-corrected chi connectivity index (χ0v) is 20.7. The highest BCUT2D eigenvalue weighted by atomic mass is 79.9. The largest absolute Gasteiger partial charge is 0.423 e. The number of carbonyl (C=O) groups excluding carboxylic acids is 3. The minimum Gasteiger partial charge on any atom is -0.423 e. The topological polar surface area (TPSA) is 63.7 Å². The maximum Gasteiger partial charge on any atom is 0.345 e. The summed E-state index contributed by atoms with van der Waals surface area (Å²) < 4.78 is 6.24. The Morgan fingerprint density at radius 3 is 2.58 bits per heavy atom. The molecule has 1 fully saturated rings. The Morgan fingerprint density at radius 2 is 1.82 bits per heavy atom. The molecule has 0 aliphatic carbocycles. The molecule has 0 bridgehead atoms. The number of thioether (sulfide) groups is 1. The fourth-order valence-electron chi connectivity index (χ4n) is 3.07. The second-order valence-electron chi connectivity index (χ2n) is 6.95. The first kappa shape index (κ1) is 23.6. The summed E-state index contributed by atoms with van der Waals surface area (Å²) in [6.07, 6.45) is 1.59. The molecule has 3 aromatic carbocycles. The molecule has 0 spiro atoms. The summed E-state index contributed by atoms with van der Waals surface area (Å²) >= 11 is 16.2. The van der Waals surface area contributed by atoms with Crippen molar-refractivity contribution in [3.05, 3.63) is 103 Å². The molecular weight excluding hydrogens is 549 g/mol. The average molecular weight is 563 g/mol. The summed E-state index contributed by atoms with van der Waals surface area (Å²) in [7, 11) is 0. The number of ether oxygens (including phenoxy) is 1. The van der Waals surface area contributed by atoms with Crippen molar-refractivity contribution in [3.8, 4) is 5.75 Å². The molecular formula is C24H14BrCl2NO4S. The molecule has 5 nitrogen and oxygen atoms in total. The number of imide groups is 1. The van der Waals surface area contributed by atoms with E-state index in [9.17, 15) is 14.4 Å². The van der Waals surface area contributed by atoms with Crippen LogP contribution in [0, 0.1) is 0 Å². The fraction of sp³-hybridized carbons (Fsp3) is 0.0417. The highest BCUT2D eigenvalue weighted by Crippen LogP contribution is 2.34. The Labute approximate surface area is 212 Å². The molecule has 0 atom stereocenters. The number of rotatable bonds is 5. The van der Waals surface area contributed by atoms with Crippen LogP contribution in [0.25, 0.3) is 6.08 Å². The van der Waals surface area contributed by atoms with E-state index in [4.69, 9.17) is 27.9 Å². The van der Waals surface area contributed by atoms with Crippen molar-refractivity contribution >= 4 is 74.1 Å². The number of halogens is 3. The van der Waals surface area contributed by atoms with Crippen LogP contribution in [0.5, 0.6) is 5.75 Å². The number of benzene rings is 3. The second-order valence-corrected chi connectivity index (χ2v) is 9.64. The van der Waals surface area contributed by atoms with E-state index in [1.54, 1.807) is 36.4 Å². The number of carbonyl (C=O) groups is 3. The lowest BCUT2D eigenvalue weighted by Crippen LogP contribution is -2.27. The van der Waals surface area contributed by atoms with Gasteiger partial charge in [-0.2, -0.15) is 0 Å². The molecule has 2 amide bonds. The smallest absolute Gasteiger partial charge is 0.345 e. The lowest BCUT2D eigenvalue weighted by Gasteiger charge is -2.13. The molecule has 166 valence electrons. The van der Waals surface area contributed by atoms with E-state index in [2.05, 4.69) is 15.9 Å². The fourth-order valence-corrected chi connectivity index (χ4v) is 4.80. The van der Waals surface area contributed by atoms with Gasteiger partial charge in [0.15, 0.2) is 0 Å². The van der Waals surface area contributed by atoms with Crippen LogP contribution in [0.3, 0.4) is 0 Å². The minimum absolute atomic E-state index is 0.170. The Bertz CT molecular complexity index is 1310. The zero-order chi connectivity index (χ0) is 23.5. The van der Waals surface area contributed by atoms with Crippen LogP contribution in [0.4, 0.5) is 4.79 Å². The summed E-state index contributed by atoms with van der Waals surface area (Å²) in [5, 5.41) is 0.247. The lowest BCUT2D eigenvalue weighted by molar-refractivity contribution is -0.123. The number of hydrogen-bond acceptors (Lipinski definition) is 5. The molecule has 0 aromatic heterocycles. The molecule has 0 radical (unpaired) electrons. The molecule has 1 aliphatic heterocycles. The summed E-state index contributed by atoms with van der Waals surface area (Å²) in [5.41, 5.74) is 1.62. The van der Waals surface area contributed by atoms with Crippen LogP contribution in [0.15, 0.2) is 76.1 Å². The third-order valence-electron chi connectivity index (χ3n) is 4.68. The molecule has 0 unspecified atom stereocenters. The van der Waals surface area contributed by atoms with Gasteiger partial charge in [-0.05, 0) is 65.4 Å². The van der Waals surface area contributed by atoms with E-state index in [0.29, 0.717) is 10.6 Å². The van der Waals surface area contributed by atoms with Crippen molar-refractivity contribution in [2.45, 2.75) is 6.54 Å². The van der Waals surface area contributed by atoms with Crippen LogP contribution < -0.4 is 4.74 Å². The molecule has 0 saturated carbocycles. The van der Waals surface area contributed by atoms with E-state index in [1.807, 2.05) is 24.3 Å². The van der Waals surface area contributed by atoms with E-state index < -0.39 is 5.97 Å². The van der Waals surface area contributed by atoms with Gasteiger partial charge in [-0.25, -0.2) is 4.79 Å². The minimum atomic E-state index is -0.637. The number of hydrogen-bond donors (Lipinski definition) is 0. The van der Waals surface area contributed by atoms with Crippen molar-refractivity contribution in [2.75, 3.05) is 0 Å². The summed E-state index contributed by atoms with van der Waals surface area (Å²) in [4.78, 5) is 39.2. The molecule has 1 heterocycles. The number of nitrogens with zero attached hydrogens (tertiary/aromatic N) is 1. The second kappa shape index (κ2) is 10.1. The van der Waals surface area contributed by atoms with Crippen LogP contribution in [-0.4, -0.2) is 22.0 Å². The molecule has 0 N–H and O–H groups in total. The Balaban J connectivity index is 1.51. The molecule has 1 aliphatic rings. The molecule has 33 heavy (non-hydrogen) atoms. The standard InChI is InChI=1S/C24H14BrCl2NO4S/c25-19-7-2-1-5-15(19)13-28-22(29)21(33-24(28)31)11-14-4-3-6-17(10-14)32-23(30)18-9-8-16(26)12-20(18)27/h1-12H,13H2/b21-11-. The van der Waals surface area contributed by atoms with E-state index in [0.717, 1.165) is 21.8 Å². The maximum absolute atomic E-state index is 12.8. The maximum atomic E-state index is 12.8. The van der Waals surface area contributed by atoms with Gasteiger partial charge in [0, 0.05) is 9.50 Å². The van der Waals surface area contributed by atoms with Gasteiger partial charge in [0.2, 0.25) is 0 Å². The Morgan fingerprint density at radius 1 is 1.03 bits per heavy atom. The van der Waals surface area contributed by atoms with Crippen LogP contribution >= 0.6 is 50.9 Å². The first-order valence-corrected chi connectivity index (χ1v) is 11.9. The van der Waals surface area contributed by atoms with Gasteiger partial charge in [0.05, 0.1) is 22.0 Å². The van der Waals surface area contributed by atoms with Gasteiger partial charge in [-0.1, -0.05) is 69.5 Å². The van der Waals surface area contributed by atoms with Gasteiger partial charge in [0.1, 0.15) is 5.75 Å². The number of esters is 1. The zero-order valence-electron chi connectivity index (χ0n) is 16.8. The predicted octanol–water partition coefficient (Wildman–Crippen LogP) is 7.21.